The molecule has 0 saturated carbocycles. The Morgan fingerprint density at radius 2 is 1.73 bits per heavy atom. The number of rotatable bonds is 3. The van der Waals surface area contributed by atoms with Gasteiger partial charge in [0.25, 0.3) is 0 Å². The third-order valence-corrected chi connectivity index (χ3v) is 4.35. The average molecular weight is 342 g/mol. The zero-order chi connectivity index (χ0) is 18.1. The molecule has 0 amide bonds. The number of cyclic esters (lactones) is 1. The molecule has 1 aliphatic rings. The molecule has 0 bridgehead atoms. The molecule has 0 atom stereocenters. The van der Waals surface area contributed by atoms with Crippen molar-refractivity contribution in [1.29, 1.82) is 0 Å². The molecule has 0 radical (unpaired) electrons. The number of carbonyl (C=O) groups is 1. The van der Waals surface area contributed by atoms with Crippen molar-refractivity contribution < 1.29 is 9.53 Å². The first-order valence-corrected chi connectivity index (χ1v) is 8.42. The number of carbonyl (C=O) groups excluding carboxylic acids is 1. The van der Waals surface area contributed by atoms with E-state index in [9.17, 15) is 4.79 Å². The molecule has 3 aromatic rings. The van der Waals surface area contributed by atoms with Crippen molar-refractivity contribution in [2.45, 2.75) is 6.92 Å². The Balaban J connectivity index is 1.65. The molecule has 3 aromatic carbocycles. The van der Waals surface area contributed by atoms with E-state index in [0.29, 0.717) is 5.76 Å². The Bertz CT molecular complexity index is 1070. The Morgan fingerprint density at radius 1 is 0.923 bits per heavy atom. The maximum Gasteiger partial charge on any atom is 0.364 e. The molecule has 0 spiro atoms. The van der Waals surface area contributed by atoms with E-state index in [2.05, 4.69) is 11.2 Å². The second-order valence-electron chi connectivity index (χ2n) is 6.31. The second-order valence-corrected chi connectivity index (χ2v) is 6.31. The second kappa shape index (κ2) is 6.48. The van der Waals surface area contributed by atoms with E-state index < -0.39 is 5.97 Å². The number of anilines is 1. The molecule has 26 heavy (non-hydrogen) atoms. The lowest BCUT2D eigenvalue weighted by atomic mass is 10.1. The van der Waals surface area contributed by atoms with Gasteiger partial charge in [0.1, 0.15) is 5.76 Å². The van der Waals surface area contributed by atoms with Crippen LogP contribution in [0, 0.1) is 6.92 Å². The number of esters is 1. The molecule has 4 heteroatoms. The van der Waals surface area contributed by atoms with Crippen LogP contribution >= 0.6 is 0 Å². The lowest BCUT2D eigenvalue weighted by Gasteiger charge is -2.13. The Kier molecular flexibility index (Phi) is 4.01. The quantitative estimate of drug-likeness (QED) is 0.518. The van der Waals surface area contributed by atoms with E-state index in [4.69, 9.17) is 4.74 Å². The first kappa shape index (κ1) is 16.1. The third kappa shape index (κ3) is 3.09. The molecule has 0 N–H and O–H groups in total. The molecule has 1 aliphatic heterocycles. The van der Waals surface area contributed by atoms with Crippen molar-refractivity contribution in [3.8, 4) is 0 Å². The fraction of sp³-hybridized carbons (Fsp3) is 0.0909. The van der Waals surface area contributed by atoms with Crippen LogP contribution in [0.3, 0.4) is 0 Å². The van der Waals surface area contributed by atoms with Crippen LogP contribution in [0.5, 0.6) is 0 Å². The van der Waals surface area contributed by atoms with Gasteiger partial charge < -0.3 is 4.74 Å². The van der Waals surface area contributed by atoms with Crippen molar-refractivity contribution in [2.75, 3.05) is 12.1 Å². The highest BCUT2D eigenvalue weighted by Crippen LogP contribution is 2.26. The zero-order valence-electron chi connectivity index (χ0n) is 14.6. The zero-order valence-corrected chi connectivity index (χ0v) is 14.6. The molecule has 4 rings (SSSR count). The molecule has 0 unspecified atom stereocenters. The van der Waals surface area contributed by atoms with Crippen LogP contribution in [0.25, 0.3) is 16.5 Å². The van der Waals surface area contributed by atoms with Gasteiger partial charge in [-0.3, -0.25) is 5.01 Å². The summed E-state index contributed by atoms with van der Waals surface area (Å²) in [5.41, 5.74) is 3.20. The summed E-state index contributed by atoms with van der Waals surface area (Å²) < 4.78 is 5.43. The summed E-state index contributed by atoms with van der Waals surface area (Å²) in [6.45, 7) is 2.02. The van der Waals surface area contributed by atoms with Gasteiger partial charge in [-0.1, -0.05) is 48.5 Å². The van der Waals surface area contributed by atoms with Gasteiger partial charge in [-0.25, -0.2) is 4.79 Å². The highest BCUT2D eigenvalue weighted by molar-refractivity contribution is 6.45. The number of aryl methyl sites for hydroxylation is 1. The predicted octanol–water partition coefficient (Wildman–Crippen LogP) is 4.54. The van der Waals surface area contributed by atoms with Crippen molar-refractivity contribution >= 4 is 33.9 Å². The van der Waals surface area contributed by atoms with Crippen LogP contribution in [-0.4, -0.2) is 18.7 Å². The Hall–Kier alpha value is -3.40. The summed E-state index contributed by atoms with van der Waals surface area (Å²) in [5.74, 6) is 0.0878. The van der Waals surface area contributed by atoms with Crippen molar-refractivity contribution in [1.82, 2.24) is 0 Å². The van der Waals surface area contributed by atoms with Crippen LogP contribution in [0.2, 0.25) is 0 Å². The fourth-order valence-corrected chi connectivity index (χ4v) is 2.97. The van der Waals surface area contributed by atoms with Gasteiger partial charge >= 0.3 is 5.97 Å². The lowest BCUT2D eigenvalue weighted by molar-refractivity contribution is -0.128. The first-order chi connectivity index (χ1) is 12.6. The molecule has 4 nitrogen and oxygen atoms in total. The predicted molar refractivity (Wildman–Crippen MR) is 105 cm³/mol. The van der Waals surface area contributed by atoms with E-state index in [-0.39, 0.29) is 5.71 Å². The molecule has 0 aromatic heterocycles. The summed E-state index contributed by atoms with van der Waals surface area (Å²) in [7, 11) is 1.82. The Labute approximate surface area is 152 Å². The van der Waals surface area contributed by atoms with Crippen LogP contribution in [0.4, 0.5) is 5.69 Å². The van der Waals surface area contributed by atoms with Gasteiger partial charge in [0.2, 0.25) is 0 Å². The minimum Gasteiger partial charge on any atom is -0.421 e. The summed E-state index contributed by atoms with van der Waals surface area (Å²) in [6, 6.07) is 22.0. The van der Waals surface area contributed by atoms with Crippen LogP contribution in [0.1, 0.15) is 11.1 Å². The van der Waals surface area contributed by atoms with Gasteiger partial charge in [0.15, 0.2) is 5.71 Å². The number of hydrogen-bond donors (Lipinski definition) is 0. The molecular formula is C22H18N2O2. The van der Waals surface area contributed by atoms with E-state index in [1.807, 2.05) is 74.6 Å². The molecule has 0 aliphatic carbocycles. The molecular weight excluding hydrogens is 324 g/mol. The SMILES string of the molecule is Cc1cccc(N(C)/N=C2\C=C(c3ccc4ccccc4c3)OC2=O)c1. The number of nitrogens with zero attached hydrogens (tertiary/aromatic N) is 2. The van der Waals surface area contributed by atoms with Gasteiger partial charge in [-0.2, -0.15) is 5.10 Å². The maximum atomic E-state index is 12.2. The molecule has 1 heterocycles. The van der Waals surface area contributed by atoms with Crippen molar-refractivity contribution in [3.05, 3.63) is 83.9 Å². The molecule has 0 saturated heterocycles. The van der Waals surface area contributed by atoms with Crippen LogP contribution < -0.4 is 5.01 Å². The van der Waals surface area contributed by atoms with E-state index >= 15 is 0 Å². The van der Waals surface area contributed by atoms with Crippen LogP contribution in [-0.2, 0) is 9.53 Å². The fourth-order valence-electron chi connectivity index (χ4n) is 2.97. The van der Waals surface area contributed by atoms with Crippen molar-refractivity contribution in [3.63, 3.8) is 0 Å². The largest absolute Gasteiger partial charge is 0.421 e. The standard InChI is InChI=1S/C22H18N2O2/c1-15-6-5-9-19(12-15)24(2)23-20-14-21(26-22(20)25)18-11-10-16-7-3-4-8-17(16)13-18/h3-14H,1-2H3/b23-20+. The number of hydrogen-bond acceptors (Lipinski definition) is 4. The van der Waals surface area contributed by atoms with Gasteiger partial charge in [0.05, 0.1) is 5.69 Å². The van der Waals surface area contributed by atoms with Gasteiger partial charge in [-0.05, 0) is 41.5 Å². The lowest BCUT2D eigenvalue weighted by Crippen LogP contribution is -2.16. The summed E-state index contributed by atoms with van der Waals surface area (Å²) in [6.07, 6.45) is 1.69. The highest BCUT2D eigenvalue weighted by atomic mass is 16.5. The minimum atomic E-state index is -0.437. The van der Waals surface area contributed by atoms with E-state index in [0.717, 1.165) is 27.6 Å². The maximum absolute atomic E-state index is 12.2. The smallest absolute Gasteiger partial charge is 0.364 e. The Morgan fingerprint density at radius 3 is 2.54 bits per heavy atom. The number of hydrazone groups is 1. The van der Waals surface area contributed by atoms with E-state index in [1.165, 1.54) is 0 Å². The topological polar surface area (TPSA) is 41.9 Å². The van der Waals surface area contributed by atoms with Gasteiger partial charge in [-0.15, -0.1) is 0 Å². The van der Waals surface area contributed by atoms with Crippen molar-refractivity contribution in [2.24, 2.45) is 5.10 Å². The van der Waals surface area contributed by atoms with Gasteiger partial charge in [0, 0.05) is 18.7 Å². The highest BCUT2D eigenvalue weighted by Gasteiger charge is 2.24. The molecule has 128 valence electrons. The monoisotopic (exact) mass is 342 g/mol. The van der Waals surface area contributed by atoms with Crippen LogP contribution in [0.15, 0.2) is 77.9 Å². The summed E-state index contributed by atoms with van der Waals surface area (Å²) >= 11 is 0. The number of benzene rings is 3. The summed E-state index contributed by atoms with van der Waals surface area (Å²) in [4.78, 5) is 12.2. The molecule has 0 fully saturated rings. The first-order valence-electron chi connectivity index (χ1n) is 8.42. The summed E-state index contributed by atoms with van der Waals surface area (Å²) in [5, 5.41) is 8.34. The third-order valence-electron chi connectivity index (χ3n) is 4.35. The van der Waals surface area contributed by atoms with E-state index in [1.54, 1.807) is 11.1 Å². The minimum absolute atomic E-state index is 0.289. The number of ether oxygens (including phenoxy) is 1. The normalized spacial score (nSPS) is 15.2. The number of fused-ring (bicyclic) bond motifs is 1. The average Bonchev–Trinajstić information content (AvgIpc) is 3.02.